The van der Waals surface area contributed by atoms with E-state index in [9.17, 15) is 4.79 Å². The van der Waals surface area contributed by atoms with E-state index in [4.69, 9.17) is 22.7 Å². The summed E-state index contributed by atoms with van der Waals surface area (Å²) in [7, 11) is 0. The summed E-state index contributed by atoms with van der Waals surface area (Å²) in [5, 5.41) is 3.58. The van der Waals surface area contributed by atoms with Gasteiger partial charge in [0.25, 0.3) is 5.91 Å². The highest BCUT2D eigenvalue weighted by molar-refractivity contribution is 7.99. The Kier molecular flexibility index (Phi) is 5.87. The van der Waals surface area contributed by atoms with Crippen LogP contribution in [0.1, 0.15) is 24.8 Å². The molecule has 1 saturated carbocycles. The molecule has 0 bridgehead atoms. The zero-order chi connectivity index (χ0) is 15.2. The number of nitrogens with one attached hydrogen (secondary N) is 1. The molecule has 0 aliphatic heterocycles. The third kappa shape index (κ3) is 4.61. The van der Waals surface area contributed by atoms with Gasteiger partial charge >= 0.3 is 0 Å². The highest BCUT2D eigenvalue weighted by atomic mass is 32.2. The molecule has 0 spiro atoms. The van der Waals surface area contributed by atoms with Crippen molar-refractivity contribution in [1.82, 2.24) is 5.32 Å². The van der Waals surface area contributed by atoms with Crippen LogP contribution in [0.4, 0.5) is 0 Å². The van der Waals surface area contributed by atoms with Crippen LogP contribution in [0, 0.1) is 0 Å². The van der Waals surface area contributed by atoms with Gasteiger partial charge in [0.2, 0.25) is 0 Å². The van der Waals surface area contributed by atoms with Gasteiger partial charge in [0.15, 0.2) is 6.61 Å². The third-order valence-corrected chi connectivity index (χ3v) is 5.02. The Morgan fingerprint density at radius 1 is 1.43 bits per heavy atom. The minimum atomic E-state index is -0.0700. The van der Waals surface area contributed by atoms with Crippen molar-refractivity contribution in [3.8, 4) is 5.75 Å². The number of hydrogen-bond donors (Lipinski definition) is 2. The Morgan fingerprint density at radius 2 is 2.14 bits per heavy atom. The van der Waals surface area contributed by atoms with Crippen molar-refractivity contribution in [2.24, 2.45) is 5.73 Å². The zero-order valence-corrected chi connectivity index (χ0v) is 13.6. The molecule has 0 saturated heterocycles. The summed E-state index contributed by atoms with van der Waals surface area (Å²) < 4.78 is 5.48. The fourth-order valence-electron chi connectivity index (χ4n) is 2.49. The van der Waals surface area contributed by atoms with Crippen molar-refractivity contribution in [3.05, 3.63) is 29.8 Å². The van der Waals surface area contributed by atoms with Crippen LogP contribution in [-0.2, 0) is 4.79 Å². The quantitative estimate of drug-likeness (QED) is 0.785. The largest absolute Gasteiger partial charge is 0.484 e. The minimum Gasteiger partial charge on any atom is -0.484 e. The molecule has 0 aromatic heterocycles. The fraction of sp³-hybridized carbons (Fsp3) is 0.467. The van der Waals surface area contributed by atoms with Gasteiger partial charge in [0.05, 0.1) is 0 Å². The number of hydrogen-bond acceptors (Lipinski definition) is 4. The predicted octanol–water partition coefficient (Wildman–Crippen LogP) is 2.10. The van der Waals surface area contributed by atoms with Crippen LogP contribution in [0.5, 0.6) is 5.75 Å². The van der Waals surface area contributed by atoms with Crippen LogP contribution >= 0.6 is 24.0 Å². The number of carbonyl (C=O) groups is 1. The second kappa shape index (κ2) is 7.66. The first-order valence-electron chi connectivity index (χ1n) is 6.95. The fourth-order valence-corrected chi connectivity index (χ4v) is 3.56. The van der Waals surface area contributed by atoms with Gasteiger partial charge < -0.3 is 15.8 Å². The van der Waals surface area contributed by atoms with E-state index in [0.717, 1.165) is 12.0 Å². The average molecular weight is 324 g/mol. The van der Waals surface area contributed by atoms with Gasteiger partial charge in [-0.1, -0.05) is 18.6 Å². The molecule has 2 unspecified atom stereocenters. The Bertz CT molecular complexity index is 505. The minimum absolute atomic E-state index is 0.0318. The number of nitrogens with two attached hydrogens (primary N) is 1. The van der Waals surface area contributed by atoms with Gasteiger partial charge in [-0.05, 0) is 43.4 Å². The number of ether oxygens (including phenoxy) is 1. The van der Waals surface area contributed by atoms with Crippen molar-refractivity contribution < 1.29 is 9.53 Å². The second-order valence-corrected chi connectivity index (χ2v) is 6.57. The lowest BCUT2D eigenvalue weighted by molar-refractivity contribution is -0.123. The number of thioether (sulfide) groups is 1. The molecule has 1 aliphatic rings. The lowest BCUT2D eigenvalue weighted by atomic mass is 10.2. The third-order valence-electron chi connectivity index (χ3n) is 3.61. The topological polar surface area (TPSA) is 64.3 Å². The van der Waals surface area contributed by atoms with Gasteiger partial charge in [0, 0.05) is 16.9 Å². The Morgan fingerprint density at radius 3 is 2.76 bits per heavy atom. The van der Waals surface area contributed by atoms with Crippen LogP contribution in [0.3, 0.4) is 0 Å². The van der Waals surface area contributed by atoms with Crippen molar-refractivity contribution in [2.45, 2.75) is 30.6 Å². The highest BCUT2D eigenvalue weighted by Gasteiger charge is 2.27. The summed E-state index contributed by atoms with van der Waals surface area (Å²) in [5.41, 5.74) is 6.32. The zero-order valence-electron chi connectivity index (χ0n) is 12.0. The first-order chi connectivity index (χ1) is 10.1. The maximum atomic E-state index is 11.9. The van der Waals surface area contributed by atoms with Crippen molar-refractivity contribution >= 4 is 34.9 Å². The van der Waals surface area contributed by atoms with E-state index in [1.54, 1.807) is 24.3 Å². The molecular weight excluding hydrogens is 304 g/mol. The van der Waals surface area contributed by atoms with E-state index in [1.165, 1.54) is 12.8 Å². The monoisotopic (exact) mass is 324 g/mol. The maximum Gasteiger partial charge on any atom is 0.258 e. The van der Waals surface area contributed by atoms with Crippen LogP contribution in [-0.4, -0.2) is 35.1 Å². The molecular formula is C15H20N2O2S2. The summed E-state index contributed by atoms with van der Waals surface area (Å²) in [6, 6.07) is 7.38. The maximum absolute atomic E-state index is 11.9. The molecule has 1 aliphatic carbocycles. The lowest BCUT2D eigenvalue weighted by Crippen LogP contribution is -2.41. The normalized spacial score (nSPS) is 21.0. The number of rotatable bonds is 6. The molecule has 1 amide bonds. The molecule has 6 heteroatoms. The Balaban J connectivity index is 1.79. The van der Waals surface area contributed by atoms with E-state index in [1.807, 2.05) is 11.8 Å². The first-order valence-corrected chi connectivity index (χ1v) is 8.64. The van der Waals surface area contributed by atoms with Gasteiger partial charge in [-0.3, -0.25) is 4.79 Å². The van der Waals surface area contributed by atoms with Crippen molar-refractivity contribution in [1.29, 1.82) is 0 Å². The molecule has 4 nitrogen and oxygen atoms in total. The van der Waals surface area contributed by atoms with E-state index >= 15 is 0 Å². The van der Waals surface area contributed by atoms with Crippen LogP contribution in [0.15, 0.2) is 24.3 Å². The lowest BCUT2D eigenvalue weighted by Gasteiger charge is -2.19. The molecule has 0 heterocycles. The van der Waals surface area contributed by atoms with Crippen LogP contribution in [0.25, 0.3) is 0 Å². The van der Waals surface area contributed by atoms with Gasteiger partial charge in [0.1, 0.15) is 10.7 Å². The standard InChI is InChI=1S/C15H20N2O2S2/c1-21-13-4-2-3-12(13)17-14(18)9-19-11-7-5-10(6-8-11)15(16)20/h5-8,12-13H,2-4,9H2,1H3,(H2,16,20)(H,17,18). The molecule has 114 valence electrons. The van der Waals surface area contributed by atoms with Gasteiger partial charge in [-0.15, -0.1) is 0 Å². The summed E-state index contributed by atoms with van der Waals surface area (Å²) in [6.07, 6.45) is 5.50. The molecule has 2 rings (SSSR count). The van der Waals surface area contributed by atoms with Crippen molar-refractivity contribution in [3.63, 3.8) is 0 Å². The molecule has 3 N–H and O–H groups in total. The highest BCUT2D eigenvalue weighted by Crippen LogP contribution is 2.28. The molecule has 2 atom stereocenters. The van der Waals surface area contributed by atoms with Gasteiger partial charge in [-0.2, -0.15) is 11.8 Å². The second-order valence-electron chi connectivity index (χ2n) is 5.06. The number of benzene rings is 1. The molecule has 1 fully saturated rings. The number of carbonyl (C=O) groups excluding carboxylic acids is 1. The van der Waals surface area contributed by atoms with E-state index in [-0.39, 0.29) is 18.6 Å². The SMILES string of the molecule is CSC1CCCC1NC(=O)COc1ccc(C(N)=S)cc1. The Labute approximate surface area is 134 Å². The van der Waals surface area contributed by atoms with E-state index in [2.05, 4.69) is 11.6 Å². The van der Waals surface area contributed by atoms with E-state index < -0.39 is 0 Å². The van der Waals surface area contributed by atoms with Gasteiger partial charge in [-0.25, -0.2) is 0 Å². The number of amides is 1. The first kappa shape index (κ1) is 16.1. The summed E-state index contributed by atoms with van der Waals surface area (Å²) >= 11 is 6.71. The van der Waals surface area contributed by atoms with E-state index in [0.29, 0.717) is 16.0 Å². The summed E-state index contributed by atoms with van der Waals surface area (Å²) in [5.74, 6) is 0.567. The van der Waals surface area contributed by atoms with Crippen LogP contribution < -0.4 is 15.8 Å². The summed E-state index contributed by atoms with van der Waals surface area (Å²) in [4.78, 5) is 12.3. The molecule has 1 aromatic carbocycles. The smallest absolute Gasteiger partial charge is 0.258 e. The molecule has 0 radical (unpaired) electrons. The number of thiocarbonyl (C=S) groups is 1. The van der Waals surface area contributed by atoms with Crippen molar-refractivity contribution in [2.75, 3.05) is 12.9 Å². The molecule has 21 heavy (non-hydrogen) atoms. The Hall–Kier alpha value is -1.27. The predicted molar refractivity (Wildman–Crippen MR) is 90.9 cm³/mol. The average Bonchev–Trinajstić information content (AvgIpc) is 2.92. The molecule has 1 aromatic rings. The summed E-state index contributed by atoms with van der Waals surface area (Å²) in [6.45, 7) is 0.0318. The van der Waals surface area contributed by atoms with Crippen LogP contribution in [0.2, 0.25) is 0 Å².